The Morgan fingerprint density at radius 1 is 1.38 bits per heavy atom. The minimum absolute atomic E-state index is 0.0593. The molecule has 0 radical (unpaired) electrons. The minimum atomic E-state index is -0.592. The highest BCUT2D eigenvalue weighted by Crippen LogP contribution is 2.24. The Labute approximate surface area is 150 Å². The molecule has 138 valence electrons. The van der Waals surface area contributed by atoms with Crippen molar-refractivity contribution in [3.63, 3.8) is 0 Å². The van der Waals surface area contributed by atoms with Gasteiger partial charge in [0.2, 0.25) is 0 Å². The number of H-pyrrole nitrogens is 1. The molecular formula is C18H22N4O4. The summed E-state index contributed by atoms with van der Waals surface area (Å²) >= 11 is 0. The van der Waals surface area contributed by atoms with Crippen LogP contribution in [-0.2, 0) is 11.2 Å². The number of aliphatic hydroxyl groups excluding tert-OH is 1. The minimum Gasteiger partial charge on any atom is -0.484 e. The SMILES string of the molecule is Cc1cc(C[C@@H]2CN(C(=O)c3cccc(OCC(N)=O)c3)C[C@@H]2O)n[nH]1. The Kier molecular flexibility index (Phi) is 5.22. The van der Waals surface area contributed by atoms with Gasteiger partial charge in [-0.2, -0.15) is 5.10 Å². The summed E-state index contributed by atoms with van der Waals surface area (Å²) in [4.78, 5) is 25.2. The van der Waals surface area contributed by atoms with Crippen molar-refractivity contribution < 1.29 is 19.4 Å². The van der Waals surface area contributed by atoms with Crippen LogP contribution in [0.4, 0.5) is 0 Å². The number of benzene rings is 1. The van der Waals surface area contributed by atoms with Crippen molar-refractivity contribution in [1.82, 2.24) is 15.1 Å². The molecule has 2 aromatic rings. The van der Waals surface area contributed by atoms with Crippen LogP contribution in [0, 0.1) is 12.8 Å². The average molecular weight is 358 g/mol. The topological polar surface area (TPSA) is 122 Å². The first-order valence-electron chi connectivity index (χ1n) is 8.42. The maximum atomic E-state index is 12.7. The lowest BCUT2D eigenvalue weighted by molar-refractivity contribution is -0.119. The van der Waals surface area contributed by atoms with E-state index in [2.05, 4.69) is 10.2 Å². The average Bonchev–Trinajstić information content (AvgIpc) is 3.19. The van der Waals surface area contributed by atoms with Gasteiger partial charge in [0, 0.05) is 30.3 Å². The number of carbonyl (C=O) groups is 2. The third-order valence-electron chi connectivity index (χ3n) is 4.39. The fraction of sp³-hybridized carbons (Fsp3) is 0.389. The highest BCUT2D eigenvalue weighted by Gasteiger charge is 2.34. The number of aromatic amines is 1. The molecule has 1 fully saturated rings. The molecule has 3 rings (SSSR count). The molecule has 0 saturated carbocycles. The molecule has 0 aliphatic carbocycles. The summed E-state index contributed by atoms with van der Waals surface area (Å²) in [6, 6.07) is 8.52. The van der Waals surface area contributed by atoms with Crippen LogP contribution in [0.2, 0.25) is 0 Å². The first kappa shape index (κ1) is 17.9. The number of aryl methyl sites for hydroxylation is 1. The quantitative estimate of drug-likeness (QED) is 0.684. The lowest BCUT2D eigenvalue weighted by atomic mass is 10.0. The molecule has 4 N–H and O–H groups in total. The molecule has 26 heavy (non-hydrogen) atoms. The summed E-state index contributed by atoms with van der Waals surface area (Å²) in [6.07, 6.45) is 0.0158. The molecule has 0 unspecified atom stereocenters. The van der Waals surface area contributed by atoms with Gasteiger partial charge >= 0.3 is 0 Å². The Hall–Kier alpha value is -2.87. The second-order valence-electron chi connectivity index (χ2n) is 6.57. The van der Waals surface area contributed by atoms with Crippen molar-refractivity contribution in [3.05, 3.63) is 47.3 Å². The number of nitrogens with zero attached hydrogens (tertiary/aromatic N) is 2. The van der Waals surface area contributed by atoms with E-state index >= 15 is 0 Å². The zero-order valence-corrected chi connectivity index (χ0v) is 14.5. The van der Waals surface area contributed by atoms with Crippen LogP contribution < -0.4 is 10.5 Å². The molecule has 2 atom stereocenters. The molecule has 8 heteroatoms. The first-order chi connectivity index (χ1) is 12.4. The zero-order chi connectivity index (χ0) is 18.7. The summed E-state index contributed by atoms with van der Waals surface area (Å²) < 4.78 is 5.24. The van der Waals surface area contributed by atoms with Gasteiger partial charge in [-0.1, -0.05) is 6.07 Å². The van der Waals surface area contributed by atoms with Gasteiger partial charge in [0.05, 0.1) is 11.8 Å². The van der Waals surface area contributed by atoms with E-state index in [4.69, 9.17) is 10.5 Å². The summed E-state index contributed by atoms with van der Waals surface area (Å²) in [5.74, 6) is -0.427. The monoisotopic (exact) mass is 358 g/mol. The van der Waals surface area contributed by atoms with Gasteiger partial charge in [-0.25, -0.2) is 0 Å². The van der Waals surface area contributed by atoms with Crippen molar-refractivity contribution in [1.29, 1.82) is 0 Å². The number of β-amino-alcohol motifs (C(OH)–C–C–N with tert-alkyl or cyclic N) is 1. The third-order valence-corrected chi connectivity index (χ3v) is 4.39. The van der Waals surface area contributed by atoms with E-state index in [0.717, 1.165) is 11.4 Å². The number of hydrogen-bond donors (Lipinski definition) is 3. The summed E-state index contributed by atoms with van der Waals surface area (Å²) in [7, 11) is 0. The van der Waals surface area contributed by atoms with Crippen molar-refractivity contribution in [2.75, 3.05) is 19.7 Å². The molecule has 1 saturated heterocycles. The summed E-state index contributed by atoms with van der Waals surface area (Å²) in [6.45, 7) is 2.41. The number of aliphatic hydroxyl groups is 1. The molecule has 2 amide bonds. The van der Waals surface area contributed by atoms with E-state index in [1.165, 1.54) is 0 Å². The number of hydrogen-bond acceptors (Lipinski definition) is 5. The number of carbonyl (C=O) groups excluding carboxylic acids is 2. The van der Waals surface area contributed by atoms with Crippen molar-refractivity contribution in [2.24, 2.45) is 11.7 Å². The van der Waals surface area contributed by atoms with Gasteiger partial charge in [-0.3, -0.25) is 14.7 Å². The zero-order valence-electron chi connectivity index (χ0n) is 14.5. The summed E-state index contributed by atoms with van der Waals surface area (Å²) in [5, 5.41) is 17.4. The van der Waals surface area contributed by atoms with Gasteiger partial charge < -0.3 is 20.5 Å². The smallest absolute Gasteiger partial charge is 0.255 e. The van der Waals surface area contributed by atoms with Gasteiger partial charge in [0.15, 0.2) is 6.61 Å². The summed E-state index contributed by atoms with van der Waals surface area (Å²) in [5.41, 5.74) is 7.34. The molecule has 2 heterocycles. The van der Waals surface area contributed by atoms with Gasteiger partial charge in [-0.15, -0.1) is 0 Å². The first-order valence-corrected chi connectivity index (χ1v) is 8.42. The van der Waals surface area contributed by atoms with E-state index in [1.54, 1.807) is 29.2 Å². The number of aromatic nitrogens is 2. The fourth-order valence-corrected chi connectivity index (χ4v) is 3.12. The van der Waals surface area contributed by atoms with Gasteiger partial charge in [-0.05, 0) is 37.6 Å². The Balaban J connectivity index is 1.65. The normalized spacial score (nSPS) is 19.5. The number of rotatable bonds is 6. The van der Waals surface area contributed by atoms with Crippen LogP contribution in [0.3, 0.4) is 0 Å². The molecule has 0 spiro atoms. The molecule has 1 aromatic carbocycles. The Morgan fingerprint density at radius 2 is 2.19 bits per heavy atom. The maximum Gasteiger partial charge on any atom is 0.255 e. The van der Waals surface area contributed by atoms with Gasteiger partial charge in [0.25, 0.3) is 11.8 Å². The van der Waals surface area contributed by atoms with E-state index in [0.29, 0.717) is 24.3 Å². The third kappa shape index (κ3) is 4.20. The van der Waals surface area contributed by atoms with Crippen LogP contribution in [0.5, 0.6) is 5.75 Å². The van der Waals surface area contributed by atoms with E-state index in [-0.39, 0.29) is 25.0 Å². The Morgan fingerprint density at radius 3 is 2.88 bits per heavy atom. The number of nitrogens with two attached hydrogens (primary N) is 1. The maximum absolute atomic E-state index is 12.7. The largest absolute Gasteiger partial charge is 0.484 e. The molecular weight excluding hydrogens is 336 g/mol. The van der Waals surface area contributed by atoms with Crippen LogP contribution >= 0.6 is 0 Å². The second kappa shape index (κ2) is 7.57. The lowest BCUT2D eigenvalue weighted by Crippen LogP contribution is -2.29. The van der Waals surface area contributed by atoms with E-state index in [9.17, 15) is 14.7 Å². The van der Waals surface area contributed by atoms with E-state index in [1.807, 2.05) is 13.0 Å². The van der Waals surface area contributed by atoms with Crippen LogP contribution in [-0.4, -0.2) is 57.8 Å². The fourth-order valence-electron chi connectivity index (χ4n) is 3.12. The predicted octanol–water partition coefficient (Wildman–Crippen LogP) is 0.258. The molecule has 8 nitrogen and oxygen atoms in total. The number of primary amides is 1. The number of nitrogens with one attached hydrogen (secondary N) is 1. The molecule has 1 aromatic heterocycles. The van der Waals surface area contributed by atoms with Crippen LogP contribution in [0.1, 0.15) is 21.7 Å². The predicted molar refractivity (Wildman–Crippen MR) is 93.6 cm³/mol. The van der Waals surface area contributed by atoms with Crippen molar-refractivity contribution in [3.8, 4) is 5.75 Å². The lowest BCUT2D eigenvalue weighted by Gasteiger charge is -2.16. The second-order valence-corrected chi connectivity index (χ2v) is 6.57. The van der Waals surface area contributed by atoms with Gasteiger partial charge in [0.1, 0.15) is 5.75 Å². The number of amides is 2. The molecule has 1 aliphatic heterocycles. The highest BCUT2D eigenvalue weighted by atomic mass is 16.5. The van der Waals surface area contributed by atoms with Crippen molar-refractivity contribution >= 4 is 11.8 Å². The van der Waals surface area contributed by atoms with E-state index < -0.39 is 12.0 Å². The molecule has 0 bridgehead atoms. The molecule has 1 aliphatic rings. The van der Waals surface area contributed by atoms with Crippen LogP contribution in [0.25, 0.3) is 0 Å². The number of ether oxygens (including phenoxy) is 1. The highest BCUT2D eigenvalue weighted by molar-refractivity contribution is 5.94. The van der Waals surface area contributed by atoms with Crippen LogP contribution in [0.15, 0.2) is 30.3 Å². The van der Waals surface area contributed by atoms with Crippen molar-refractivity contribution in [2.45, 2.75) is 19.4 Å². The number of likely N-dealkylation sites (tertiary alicyclic amines) is 1. The Bertz CT molecular complexity index is 804. The standard InChI is InChI=1S/C18H22N4O4/c1-11-5-14(21-20-11)6-13-8-22(9-16(13)23)18(25)12-3-2-4-15(7-12)26-10-17(19)24/h2-5,7,13,16,23H,6,8-10H2,1H3,(H2,19,24)(H,20,21)/t13-,16+/m1/s1.